The van der Waals surface area contributed by atoms with Crippen LogP contribution >= 0.6 is 15.9 Å². The van der Waals surface area contributed by atoms with Gasteiger partial charge in [0.05, 0.1) is 12.0 Å². The summed E-state index contributed by atoms with van der Waals surface area (Å²) in [6.07, 6.45) is 4.96. The fourth-order valence-electron chi connectivity index (χ4n) is 2.62. The fraction of sp³-hybridized carbons (Fsp3) is 0.400. The van der Waals surface area contributed by atoms with Gasteiger partial charge in [0.15, 0.2) is 0 Å². The van der Waals surface area contributed by atoms with E-state index in [0.29, 0.717) is 6.04 Å². The molecule has 0 amide bonds. The van der Waals surface area contributed by atoms with E-state index in [1.165, 1.54) is 17.8 Å². The predicted octanol–water partition coefficient (Wildman–Crippen LogP) is 2.55. The van der Waals surface area contributed by atoms with Crippen LogP contribution in [0.2, 0.25) is 0 Å². The molecule has 1 aromatic carbocycles. The Bertz CT molecular complexity index is 564. The maximum atomic E-state index is 4.15. The lowest BCUT2D eigenvalue weighted by molar-refractivity contribution is 0.538. The Morgan fingerprint density at radius 3 is 2.85 bits per heavy atom. The highest BCUT2D eigenvalue weighted by Crippen LogP contribution is 2.22. The molecule has 1 saturated heterocycles. The van der Waals surface area contributed by atoms with E-state index < -0.39 is 0 Å². The zero-order valence-corrected chi connectivity index (χ0v) is 13.2. The van der Waals surface area contributed by atoms with Crippen molar-refractivity contribution in [3.05, 3.63) is 47.0 Å². The van der Waals surface area contributed by atoms with Crippen LogP contribution in [0.1, 0.15) is 12.1 Å². The summed E-state index contributed by atoms with van der Waals surface area (Å²) in [5, 5.41) is 3.62. The summed E-state index contributed by atoms with van der Waals surface area (Å²) in [4.78, 5) is 6.58. The Labute approximate surface area is 127 Å². The summed E-state index contributed by atoms with van der Waals surface area (Å²) in [6.45, 7) is 3.07. The first-order chi connectivity index (χ1) is 9.72. The molecule has 1 aliphatic heterocycles. The molecule has 0 aliphatic carbocycles. The SMILES string of the molecule is Cn1cncc1CNC1CCN(c2ccc(Br)cc2)C1. The maximum Gasteiger partial charge on any atom is 0.0945 e. The second kappa shape index (κ2) is 5.97. The van der Waals surface area contributed by atoms with Gasteiger partial charge in [0, 0.05) is 49.1 Å². The van der Waals surface area contributed by atoms with Gasteiger partial charge in [-0.25, -0.2) is 4.98 Å². The lowest BCUT2D eigenvalue weighted by Crippen LogP contribution is -2.32. The van der Waals surface area contributed by atoms with Gasteiger partial charge in [-0.1, -0.05) is 15.9 Å². The average Bonchev–Trinajstić information content (AvgIpc) is 3.06. The van der Waals surface area contributed by atoms with Crippen LogP contribution in [0.15, 0.2) is 41.3 Å². The van der Waals surface area contributed by atoms with Crippen LogP contribution in [-0.4, -0.2) is 28.7 Å². The van der Waals surface area contributed by atoms with Crippen molar-refractivity contribution in [3.63, 3.8) is 0 Å². The van der Waals surface area contributed by atoms with E-state index in [1.807, 2.05) is 19.6 Å². The van der Waals surface area contributed by atoms with E-state index in [1.54, 1.807) is 0 Å². The number of halogens is 1. The van der Waals surface area contributed by atoms with E-state index in [9.17, 15) is 0 Å². The first kappa shape index (κ1) is 13.6. The minimum absolute atomic E-state index is 0.550. The van der Waals surface area contributed by atoms with Crippen molar-refractivity contribution in [1.29, 1.82) is 0 Å². The van der Waals surface area contributed by atoms with Crippen LogP contribution in [0.25, 0.3) is 0 Å². The fourth-order valence-corrected chi connectivity index (χ4v) is 2.88. The zero-order valence-electron chi connectivity index (χ0n) is 11.6. The average molecular weight is 335 g/mol. The van der Waals surface area contributed by atoms with Gasteiger partial charge in [0.1, 0.15) is 0 Å². The van der Waals surface area contributed by atoms with Crippen molar-refractivity contribution in [2.24, 2.45) is 7.05 Å². The number of nitrogens with zero attached hydrogens (tertiary/aromatic N) is 3. The Balaban J connectivity index is 1.54. The van der Waals surface area contributed by atoms with Crippen molar-refractivity contribution in [1.82, 2.24) is 14.9 Å². The van der Waals surface area contributed by atoms with Crippen LogP contribution in [0.5, 0.6) is 0 Å². The first-order valence-electron chi connectivity index (χ1n) is 6.91. The molecule has 1 aromatic heterocycles. The van der Waals surface area contributed by atoms with Gasteiger partial charge in [-0.15, -0.1) is 0 Å². The molecule has 4 nitrogen and oxygen atoms in total. The monoisotopic (exact) mass is 334 g/mol. The molecule has 0 radical (unpaired) electrons. The summed E-state index contributed by atoms with van der Waals surface area (Å²) in [5.74, 6) is 0. The number of nitrogens with one attached hydrogen (secondary N) is 1. The number of hydrogen-bond donors (Lipinski definition) is 1. The molecule has 1 aliphatic rings. The third-order valence-electron chi connectivity index (χ3n) is 3.87. The van der Waals surface area contributed by atoms with Crippen molar-refractivity contribution in [2.75, 3.05) is 18.0 Å². The van der Waals surface area contributed by atoms with E-state index >= 15 is 0 Å². The van der Waals surface area contributed by atoms with Gasteiger partial charge in [0.25, 0.3) is 0 Å². The lowest BCUT2D eigenvalue weighted by Gasteiger charge is -2.19. The highest BCUT2D eigenvalue weighted by atomic mass is 79.9. The van der Waals surface area contributed by atoms with E-state index in [4.69, 9.17) is 0 Å². The number of aryl methyl sites for hydroxylation is 1. The predicted molar refractivity (Wildman–Crippen MR) is 84.8 cm³/mol. The minimum Gasteiger partial charge on any atom is -0.370 e. The first-order valence-corrected chi connectivity index (χ1v) is 7.71. The topological polar surface area (TPSA) is 33.1 Å². The highest BCUT2D eigenvalue weighted by molar-refractivity contribution is 9.10. The molecule has 1 N–H and O–H groups in total. The van der Waals surface area contributed by atoms with Crippen molar-refractivity contribution >= 4 is 21.6 Å². The van der Waals surface area contributed by atoms with Crippen molar-refractivity contribution < 1.29 is 0 Å². The smallest absolute Gasteiger partial charge is 0.0945 e. The lowest BCUT2D eigenvalue weighted by atomic mass is 10.2. The van der Waals surface area contributed by atoms with Crippen LogP contribution in [0, 0.1) is 0 Å². The van der Waals surface area contributed by atoms with Crippen molar-refractivity contribution in [3.8, 4) is 0 Å². The zero-order chi connectivity index (χ0) is 13.9. The molecule has 3 rings (SSSR count). The number of rotatable bonds is 4. The molecule has 2 aromatic rings. The highest BCUT2D eigenvalue weighted by Gasteiger charge is 2.22. The van der Waals surface area contributed by atoms with E-state index in [2.05, 4.69) is 60.0 Å². The number of hydrogen-bond acceptors (Lipinski definition) is 3. The Morgan fingerprint density at radius 2 is 2.15 bits per heavy atom. The minimum atomic E-state index is 0.550. The molecule has 2 heterocycles. The third-order valence-corrected chi connectivity index (χ3v) is 4.40. The number of aromatic nitrogens is 2. The number of anilines is 1. The second-order valence-electron chi connectivity index (χ2n) is 5.28. The standard InChI is InChI=1S/C15H19BrN4/c1-19-11-17-8-15(19)9-18-13-6-7-20(10-13)14-4-2-12(16)3-5-14/h2-5,8,11,13,18H,6-7,9-10H2,1H3. The molecular weight excluding hydrogens is 316 g/mol. The van der Waals surface area contributed by atoms with Gasteiger partial charge in [-0.05, 0) is 30.7 Å². The molecule has 20 heavy (non-hydrogen) atoms. The normalized spacial score (nSPS) is 18.7. The van der Waals surface area contributed by atoms with E-state index in [0.717, 1.165) is 24.1 Å². The summed E-state index contributed by atoms with van der Waals surface area (Å²) < 4.78 is 3.19. The van der Waals surface area contributed by atoms with Crippen molar-refractivity contribution in [2.45, 2.75) is 19.0 Å². The van der Waals surface area contributed by atoms with Crippen LogP contribution in [-0.2, 0) is 13.6 Å². The molecular formula is C15H19BrN4. The Morgan fingerprint density at radius 1 is 1.35 bits per heavy atom. The van der Waals surface area contributed by atoms with Gasteiger partial charge in [-0.2, -0.15) is 0 Å². The molecule has 106 valence electrons. The van der Waals surface area contributed by atoms with Gasteiger partial charge in [0.2, 0.25) is 0 Å². The Hall–Kier alpha value is -1.33. The van der Waals surface area contributed by atoms with Gasteiger partial charge >= 0.3 is 0 Å². The largest absolute Gasteiger partial charge is 0.370 e. The quantitative estimate of drug-likeness (QED) is 0.932. The van der Waals surface area contributed by atoms with Crippen LogP contribution < -0.4 is 10.2 Å². The third kappa shape index (κ3) is 3.04. The molecule has 0 saturated carbocycles. The molecule has 5 heteroatoms. The molecule has 0 spiro atoms. The maximum absolute atomic E-state index is 4.15. The van der Waals surface area contributed by atoms with Gasteiger partial charge < -0.3 is 14.8 Å². The van der Waals surface area contributed by atoms with E-state index in [-0.39, 0.29) is 0 Å². The molecule has 0 bridgehead atoms. The van der Waals surface area contributed by atoms with Crippen LogP contribution in [0.4, 0.5) is 5.69 Å². The van der Waals surface area contributed by atoms with Crippen LogP contribution in [0.3, 0.4) is 0 Å². The van der Waals surface area contributed by atoms with Gasteiger partial charge in [-0.3, -0.25) is 0 Å². The Kier molecular flexibility index (Phi) is 4.08. The molecule has 1 fully saturated rings. The number of benzene rings is 1. The summed E-state index contributed by atoms with van der Waals surface area (Å²) in [6, 6.07) is 9.10. The summed E-state index contributed by atoms with van der Waals surface area (Å²) >= 11 is 3.48. The second-order valence-corrected chi connectivity index (χ2v) is 6.20. The summed E-state index contributed by atoms with van der Waals surface area (Å²) in [7, 11) is 2.03. The summed E-state index contributed by atoms with van der Waals surface area (Å²) in [5.41, 5.74) is 2.53. The number of imidazole rings is 1. The molecule has 1 unspecified atom stereocenters. The molecule has 1 atom stereocenters.